The molecule has 2 rings (SSSR count). The summed E-state index contributed by atoms with van der Waals surface area (Å²) in [4.78, 5) is 4.27. The number of nitrogens with one attached hydrogen (secondary N) is 1. The van der Waals surface area contributed by atoms with Crippen LogP contribution in [0.25, 0.3) is 0 Å². The Morgan fingerprint density at radius 2 is 2.35 bits per heavy atom. The molecule has 2 aromatic rings. The third kappa shape index (κ3) is 3.73. The van der Waals surface area contributed by atoms with Crippen LogP contribution < -0.4 is 5.32 Å². The van der Waals surface area contributed by atoms with E-state index in [0.29, 0.717) is 41.7 Å². The second kappa shape index (κ2) is 6.93. The van der Waals surface area contributed by atoms with Crippen molar-refractivity contribution < 1.29 is 9.13 Å². The van der Waals surface area contributed by atoms with E-state index >= 15 is 0 Å². The Balaban J connectivity index is 1.95. The summed E-state index contributed by atoms with van der Waals surface area (Å²) in [6.07, 6.45) is 0.653. The van der Waals surface area contributed by atoms with Crippen LogP contribution >= 0.6 is 11.5 Å². The lowest BCUT2D eigenvalue weighted by atomic mass is 10.1. The maximum absolute atomic E-state index is 13.7. The van der Waals surface area contributed by atoms with Gasteiger partial charge in [0, 0.05) is 37.2 Å². The Labute approximate surface area is 120 Å². The van der Waals surface area contributed by atoms with Crippen molar-refractivity contribution in [3.8, 4) is 6.07 Å². The number of rotatable bonds is 6. The largest absolute Gasteiger partial charge is 0.384 e. The van der Waals surface area contributed by atoms with Gasteiger partial charge in [0.2, 0.25) is 5.13 Å². The Hall–Kier alpha value is -2.04. The molecular formula is C13H13FN4OS. The van der Waals surface area contributed by atoms with Crippen molar-refractivity contribution in [1.29, 1.82) is 5.26 Å². The molecule has 1 aromatic heterocycles. The molecule has 0 fully saturated rings. The number of aromatic nitrogens is 2. The molecule has 0 saturated carbocycles. The van der Waals surface area contributed by atoms with Crippen LogP contribution in [0, 0.1) is 17.1 Å². The number of benzene rings is 1. The Morgan fingerprint density at radius 3 is 3.05 bits per heavy atom. The molecule has 7 heteroatoms. The van der Waals surface area contributed by atoms with Gasteiger partial charge in [-0.1, -0.05) is 6.07 Å². The van der Waals surface area contributed by atoms with Gasteiger partial charge < -0.3 is 10.1 Å². The zero-order chi connectivity index (χ0) is 14.4. The predicted octanol–water partition coefficient (Wildman–Crippen LogP) is 2.35. The van der Waals surface area contributed by atoms with E-state index in [1.54, 1.807) is 19.2 Å². The summed E-state index contributed by atoms with van der Waals surface area (Å²) >= 11 is 1.23. The number of hydrogen-bond donors (Lipinski definition) is 1. The third-order valence-corrected chi connectivity index (χ3v) is 3.32. The summed E-state index contributed by atoms with van der Waals surface area (Å²) < 4.78 is 22.8. The van der Waals surface area contributed by atoms with Crippen LogP contribution in [-0.4, -0.2) is 23.1 Å². The van der Waals surface area contributed by atoms with Gasteiger partial charge in [-0.25, -0.2) is 9.37 Å². The summed E-state index contributed by atoms with van der Waals surface area (Å²) in [5, 5.41) is 12.3. The molecule has 1 aromatic carbocycles. The van der Waals surface area contributed by atoms with Crippen molar-refractivity contribution in [3.05, 3.63) is 41.0 Å². The number of nitriles is 1. The Bertz CT molecular complexity index is 623. The second-order valence-corrected chi connectivity index (χ2v) is 4.78. The van der Waals surface area contributed by atoms with Gasteiger partial charge in [0.1, 0.15) is 11.6 Å². The minimum atomic E-state index is -0.402. The number of anilines is 1. The van der Waals surface area contributed by atoms with E-state index in [2.05, 4.69) is 14.7 Å². The van der Waals surface area contributed by atoms with Gasteiger partial charge in [0.25, 0.3) is 0 Å². The first kappa shape index (κ1) is 14.4. The van der Waals surface area contributed by atoms with Gasteiger partial charge in [-0.15, -0.1) is 0 Å². The van der Waals surface area contributed by atoms with Crippen molar-refractivity contribution in [2.75, 3.05) is 19.0 Å². The van der Waals surface area contributed by atoms with Gasteiger partial charge in [-0.3, -0.25) is 0 Å². The highest BCUT2D eigenvalue weighted by Gasteiger charge is 2.06. The smallest absolute Gasteiger partial charge is 0.202 e. The molecule has 0 radical (unpaired) electrons. The van der Waals surface area contributed by atoms with Crippen LogP contribution in [0.2, 0.25) is 0 Å². The first-order valence-electron chi connectivity index (χ1n) is 5.97. The normalized spacial score (nSPS) is 10.2. The van der Waals surface area contributed by atoms with Crippen molar-refractivity contribution >= 4 is 16.7 Å². The molecule has 0 bridgehead atoms. The standard InChI is InChI=1S/C13H13FN4OS/c1-19-5-4-12-17-13(20-18-12)16-8-10-3-2-9(7-15)6-11(10)14/h2-3,6H,4-5,8H2,1H3,(H,16,17,18). The zero-order valence-corrected chi connectivity index (χ0v) is 11.7. The van der Waals surface area contributed by atoms with E-state index in [1.807, 2.05) is 6.07 Å². The maximum atomic E-state index is 13.7. The van der Waals surface area contributed by atoms with Gasteiger partial charge in [-0.05, 0) is 12.1 Å². The molecule has 0 spiro atoms. The summed E-state index contributed by atoms with van der Waals surface area (Å²) in [5.74, 6) is 0.306. The molecule has 0 saturated heterocycles. The molecule has 0 unspecified atom stereocenters. The first-order chi connectivity index (χ1) is 9.72. The van der Waals surface area contributed by atoms with Crippen LogP contribution in [0.1, 0.15) is 17.0 Å². The number of methoxy groups -OCH3 is 1. The molecular weight excluding hydrogens is 279 g/mol. The quantitative estimate of drug-likeness (QED) is 0.885. The third-order valence-electron chi connectivity index (χ3n) is 2.61. The topological polar surface area (TPSA) is 70.8 Å². The average Bonchev–Trinajstić information content (AvgIpc) is 2.91. The lowest BCUT2D eigenvalue weighted by Gasteiger charge is -2.04. The van der Waals surface area contributed by atoms with Crippen LogP contribution in [0.5, 0.6) is 0 Å². The van der Waals surface area contributed by atoms with Gasteiger partial charge in [0.15, 0.2) is 0 Å². The highest BCUT2D eigenvalue weighted by atomic mass is 32.1. The fraction of sp³-hybridized carbons (Fsp3) is 0.308. The number of ether oxygens (including phenoxy) is 1. The average molecular weight is 292 g/mol. The van der Waals surface area contributed by atoms with Crippen molar-refractivity contribution in [2.24, 2.45) is 0 Å². The van der Waals surface area contributed by atoms with Crippen LogP contribution in [0.15, 0.2) is 18.2 Å². The second-order valence-electron chi connectivity index (χ2n) is 4.03. The Morgan fingerprint density at radius 1 is 1.50 bits per heavy atom. The predicted molar refractivity (Wildman–Crippen MR) is 73.9 cm³/mol. The van der Waals surface area contributed by atoms with E-state index in [0.717, 1.165) is 0 Å². The van der Waals surface area contributed by atoms with Crippen LogP contribution in [0.3, 0.4) is 0 Å². The van der Waals surface area contributed by atoms with Crippen molar-refractivity contribution in [3.63, 3.8) is 0 Å². The summed E-state index contributed by atoms with van der Waals surface area (Å²) in [7, 11) is 1.62. The molecule has 5 nitrogen and oxygen atoms in total. The Kier molecular flexibility index (Phi) is 4.98. The van der Waals surface area contributed by atoms with E-state index < -0.39 is 5.82 Å². The molecule has 20 heavy (non-hydrogen) atoms. The van der Waals surface area contributed by atoms with Gasteiger partial charge >= 0.3 is 0 Å². The lowest BCUT2D eigenvalue weighted by Crippen LogP contribution is -2.02. The molecule has 0 aliphatic carbocycles. The molecule has 0 atom stereocenters. The van der Waals surface area contributed by atoms with Gasteiger partial charge in [-0.2, -0.15) is 9.64 Å². The van der Waals surface area contributed by atoms with E-state index in [-0.39, 0.29) is 0 Å². The fourth-order valence-corrected chi connectivity index (χ4v) is 2.16. The van der Waals surface area contributed by atoms with Crippen LogP contribution in [-0.2, 0) is 17.7 Å². The zero-order valence-electron chi connectivity index (χ0n) is 10.9. The summed E-state index contributed by atoms with van der Waals surface area (Å²) in [6, 6.07) is 6.30. The number of halogens is 1. The van der Waals surface area contributed by atoms with Crippen LogP contribution in [0.4, 0.5) is 9.52 Å². The van der Waals surface area contributed by atoms with Crippen molar-refractivity contribution in [1.82, 2.24) is 9.36 Å². The number of hydrogen-bond acceptors (Lipinski definition) is 6. The van der Waals surface area contributed by atoms with E-state index in [1.165, 1.54) is 17.6 Å². The lowest BCUT2D eigenvalue weighted by molar-refractivity contribution is 0.201. The maximum Gasteiger partial charge on any atom is 0.202 e. The molecule has 0 amide bonds. The molecule has 0 aliphatic heterocycles. The fourth-order valence-electron chi connectivity index (χ4n) is 1.55. The minimum absolute atomic E-state index is 0.302. The summed E-state index contributed by atoms with van der Waals surface area (Å²) in [6.45, 7) is 0.872. The SMILES string of the molecule is COCCc1nsc(NCc2ccc(C#N)cc2F)n1. The van der Waals surface area contributed by atoms with Crippen molar-refractivity contribution in [2.45, 2.75) is 13.0 Å². The molecule has 1 N–H and O–H groups in total. The highest BCUT2D eigenvalue weighted by molar-refractivity contribution is 7.09. The minimum Gasteiger partial charge on any atom is -0.384 e. The van der Waals surface area contributed by atoms with E-state index in [9.17, 15) is 4.39 Å². The number of nitrogens with zero attached hydrogens (tertiary/aromatic N) is 3. The van der Waals surface area contributed by atoms with Gasteiger partial charge in [0.05, 0.1) is 18.2 Å². The van der Waals surface area contributed by atoms with E-state index in [4.69, 9.17) is 10.00 Å². The highest BCUT2D eigenvalue weighted by Crippen LogP contribution is 2.15. The summed E-state index contributed by atoms with van der Waals surface area (Å²) in [5.41, 5.74) is 0.793. The molecule has 0 aliphatic rings. The monoisotopic (exact) mass is 292 g/mol. The molecule has 104 valence electrons. The first-order valence-corrected chi connectivity index (χ1v) is 6.74. The molecule has 1 heterocycles.